The predicted molar refractivity (Wildman–Crippen MR) is 45.6 cm³/mol. The lowest BCUT2D eigenvalue weighted by molar-refractivity contribution is -0.341. The molecule has 0 rings (SSSR count). The van der Waals surface area contributed by atoms with Crippen molar-refractivity contribution in [1.29, 1.82) is 0 Å². The van der Waals surface area contributed by atoms with Gasteiger partial charge in [-0.1, -0.05) is 20.4 Å². The van der Waals surface area contributed by atoms with Crippen molar-refractivity contribution < 1.29 is 27.1 Å². The predicted octanol–water partition coefficient (Wildman–Crippen LogP) is 2.99. The Morgan fingerprint density at radius 2 is 1.67 bits per heavy atom. The van der Waals surface area contributed by atoms with Gasteiger partial charge in [-0.2, -0.15) is 17.6 Å². The van der Waals surface area contributed by atoms with Gasteiger partial charge in [-0.15, -0.1) is 0 Å². The molecule has 0 bridgehead atoms. The standard InChI is InChI=1S/C9H12F4O2/c1-5(2)7(14)15-9(12,13)8(10,11)6(3)4/h6H,1H2,2-4H3. The molecule has 0 atom stereocenters. The Balaban J connectivity index is 4.83. The minimum absolute atomic E-state index is 0.366. The van der Waals surface area contributed by atoms with Gasteiger partial charge in [0.25, 0.3) is 0 Å². The maximum atomic E-state index is 12.9. The van der Waals surface area contributed by atoms with Crippen molar-refractivity contribution in [2.45, 2.75) is 32.8 Å². The molecule has 0 aromatic carbocycles. The molecule has 0 saturated heterocycles. The van der Waals surface area contributed by atoms with Gasteiger partial charge in [0.1, 0.15) is 0 Å². The van der Waals surface area contributed by atoms with Crippen LogP contribution in [-0.2, 0) is 9.53 Å². The third-order valence-corrected chi connectivity index (χ3v) is 1.68. The molecule has 0 aromatic heterocycles. The highest BCUT2D eigenvalue weighted by atomic mass is 19.3. The first-order valence-corrected chi connectivity index (χ1v) is 4.17. The van der Waals surface area contributed by atoms with Gasteiger partial charge in [0, 0.05) is 11.5 Å². The first-order chi connectivity index (χ1) is 6.52. The molecule has 0 unspecified atom stereocenters. The average molecular weight is 228 g/mol. The minimum Gasteiger partial charge on any atom is -0.393 e. The molecule has 0 N–H and O–H groups in total. The maximum absolute atomic E-state index is 12.9. The number of carbonyl (C=O) groups excluding carboxylic acids is 1. The molecule has 0 aliphatic carbocycles. The van der Waals surface area contributed by atoms with Crippen LogP contribution in [0.25, 0.3) is 0 Å². The van der Waals surface area contributed by atoms with E-state index >= 15 is 0 Å². The van der Waals surface area contributed by atoms with E-state index in [-0.39, 0.29) is 5.57 Å². The van der Waals surface area contributed by atoms with Crippen LogP contribution >= 0.6 is 0 Å². The summed E-state index contributed by atoms with van der Waals surface area (Å²) in [5, 5.41) is 0. The molecule has 0 amide bonds. The second-order valence-electron chi connectivity index (χ2n) is 3.46. The molecule has 0 radical (unpaired) electrons. The largest absolute Gasteiger partial charge is 0.466 e. The van der Waals surface area contributed by atoms with Crippen LogP contribution in [0, 0.1) is 5.92 Å². The summed E-state index contributed by atoms with van der Waals surface area (Å²) in [6, 6.07) is 0. The van der Waals surface area contributed by atoms with Gasteiger partial charge in [0.2, 0.25) is 0 Å². The van der Waals surface area contributed by atoms with Crippen molar-refractivity contribution in [2.24, 2.45) is 5.92 Å². The molecular weight excluding hydrogens is 216 g/mol. The lowest BCUT2D eigenvalue weighted by Crippen LogP contribution is -2.47. The summed E-state index contributed by atoms with van der Waals surface area (Å²) in [5.74, 6) is -7.59. The van der Waals surface area contributed by atoms with E-state index in [1.165, 1.54) is 0 Å². The van der Waals surface area contributed by atoms with E-state index in [1.54, 1.807) is 0 Å². The van der Waals surface area contributed by atoms with Gasteiger partial charge in [-0.25, -0.2) is 4.79 Å². The molecular formula is C9H12F4O2. The molecule has 0 heterocycles. The Labute approximate surface area is 84.9 Å². The molecule has 0 aliphatic rings. The zero-order valence-electron chi connectivity index (χ0n) is 8.61. The van der Waals surface area contributed by atoms with Gasteiger partial charge < -0.3 is 4.74 Å². The number of esters is 1. The van der Waals surface area contributed by atoms with E-state index in [0.29, 0.717) is 0 Å². The van der Waals surface area contributed by atoms with Crippen LogP contribution in [0.1, 0.15) is 20.8 Å². The van der Waals surface area contributed by atoms with Crippen LogP contribution in [0.4, 0.5) is 17.6 Å². The smallest absolute Gasteiger partial charge is 0.393 e. The van der Waals surface area contributed by atoms with Crippen LogP contribution in [-0.4, -0.2) is 18.0 Å². The first kappa shape index (κ1) is 13.9. The van der Waals surface area contributed by atoms with Gasteiger partial charge in [-0.3, -0.25) is 0 Å². The lowest BCUT2D eigenvalue weighted by Gasteiger charge is -2.28. The van der Waals surface area contributed by atoms with E-state index in [2.05, 4.69) is 11.3 Å². The van der Waals surface area contributed by atoms with Crippen molar-refractivity contribution in [3.8, 4) is 0 Å². The second kappa shape index (κ2) is 4.20. The van der Waals surface area contributed by atoms with E-state index in [1.807, 2.05) is 0 Å². The molecule has 2 nitrogen and oxygen atoms in total. The SMILES string of the molecule is C=C(C)C(=O)OC(F)(F)C(F)(F)C(C)C. The van der Waals surface area contributed by atoms with Crippen molar-refractivity contribution in [3.05, 3.63) is 12.2 Å². The number of hydrogen-bond donors (Lipinski definition) is 0. The van der Waals surface area contributed by atoms with Gasteiger partial charge >= 0.3 is 18.0 Å². The first-order valence-electron chi connectivity index (χ1n) is 4.17. The molecule has 0 saturated carbocycles. The Morgan fingerprint density at radius 3 is 1.93 bits per heavy atom. The Hall–Kier alpha value is -1.07. The topological polar surface area (TPSA) is 26.3 Å². The highest BCUT2D eigenvalue weighted by Gasteiger charge is 2.62. The summed E-state index contributed by atoms with van der Waals surface area (Å²) in [6.07, 6.45) is -4.82. The third kappa shape index (κ3) is 2.94. The summed E-state index contributed by atoms with van der Waals surface area (Å²) in [5.41, 5.74) is -0.366. The third-order valence-electron chi connectivity index (χ3n) is 1.68. The normalized spacial score (nSPS) is 12.8. The van der Waals surface area contributed by atoms with E-state index in [4.69, 9.17) is 0 Å². The Morgan fingerprint density at radius 1 is 1.27 bits per heavy atom. The summed E-state index contributed by atoms with van der Waals surface area (Å²) >= 11 is 0. The fourth-order valence-electron chi connectivity index (χ4n) is 0.608. The van der Waals surface area contributed by atoms with Crippen molar-refractivity contribution in [3.63, 3.8) is 0 Å². The molecule has 88 valence electrons. The number of rotatable bonds is 4. The molecule has 0 fully saturated rings. The zero-order valence-corrected chi connectivity index (χ0v) is 8.61. The van der Waals surface area contributed by atoms with Crippen LogP contribution in [0.2, 0.25) is 0 Å². The molecule has 0 aliphatic heterocycles. The van der Waals surface area contributed by atoms with Crippen molar-refractivity contribution in [2.75, 3.05) is 0 Å². The fraction of sp³-hybridized carbons (Fsp3) is 0.667. The lowest BCUT2D eigenvalue weighted by atomic mass is 10.1. The van der Waals surface area contributed by atoms with Gasteiger partial charge in [-0.05, 0) is 6.92 Å². The number of halogens is 4. The second-order valence-corrected chi connectivity index (χ2v) is 3.46. The van der Waals surface area contributed by atoms with Gasteiger partial charge in [0.15, 0.2) is 0 Å². The number of hydrogen-bond acceptors (Lipinski definition) is 2. The highest BCUT2D eigenvalue weighted by Crippen LogP contribution is 2.41. The number of alkyl halides is 4. The van der Waals surface area contributed by atoms with Crippen molar-refractivity contribution >= 4 is 5.97 Å². The monoisotopic (exact) mass is 228 g/mol. The van der Waals surface area contributed by atoms with Crippen LogP contribution in [0.3, 0.4) is 0 Å². The Bertz CT molecular complexity index is 271. The van der Waals surface area contributed by atoms with Crippen LogP contribution < -0.4 is 0 Å². The number of carbonyl (C=O) groups is 1. The summed E-state index contributed by atoms with van der Waals surface area (Å²) in [4.78, 5) is 10.7. The minimum atomic E-state index is -4.82. The highest BCUT2D eigenvalue weighted by molar-refractivity contribution is 5.87. The molecule has 6 heteroatoms. The van der Waals surface area contributed by atoms with E-state index < -0.39 is 23.9 Å². The summed E-state index contributed by atoms with van der Waals surface area (Å²) < 4.78 is 54.8. The van der Waals surface area contributed by atoms with E-state index in [9.17, 15) is 22.4 Å². The fourth-order valence-corrected chi connectivity index (χ4v) is 0.608. The molecule has 0 aromatic rings. The average Bonchev–Trinajstić information content (AvgIpc) is 2.02. The molecule has 15 heavy (non-hydrogen) atoms. The van der Waals surface area contributed by atoms with Gasteiger partial charge in [0.05, 0.1) is 0 Å². The van der Waals surface area contributed by atoms with E-state index in [0.717, 1.165) is 20.8 Å². The Kier molecular flexibility index (Phi) is 3.90. The summed E-state index contributed by atoms with van der Waals surface area (Å²) in [6.45, 7) is 5.91. The number of ether oxygens (including phenoxy) is 1. The quantitative estimate of drug-likeness (QED) is 0.420. The maximum Gasteiger partial charge on any atom is 0.466 e. The van der Waals surface area contributed by atoms with Crippen LogP contribution in [0.15, 0.2) is 12.2 Å². The zero-order chi connectivity index (χ0) is 12.4. The molecule has 0 spiro atoms. The van der Waals surface area contributed by atoms with Crippen molar-refractivity contribution in [1.82, 2.24) is 0 Å². The van der Waals surface area contributed by atoms with Crippen LogP contribution in [0.5, 0.6) is 0 Å². The summed E-state index contributed by atoms with van der Waals surface area (Å²) in [7, 11) is 0.